The third-order valence-corrected chi connectivity index (χ3v) is 4.97. The molecule has 7 nitrogen and oxygen atoms in total. The van der Waals surface area contributed by atoms with E-state index in [1.54, 1.807) is 36.4 Å². The summed E-state index contributed by atoms with van der Waals surface area (Å²) < 4.78 is 10.1. The van der Waals surface area contributed by atoms with E-state index < -0.39 is 11.6 Å². The zero-order chi connectivity index (χ0) is 25.4. The van der Waals surface area contributed by atoms with Crippen LogP contribution in [0.1, 0.15) is 16.7 Å². The summed E-state index contributed by atoms with van der Waals surface area (Å²) >= 11 is 0. The maximum Gasteiger partial charge on any atom is 0.189 e. The molecule has 7 heteroatoms. The van der Waals surface area contributed by atoms with Crippen LogP contribution in [-0.4, -0.2) is 41.1 Å². The summed E-state index contributed by atoms with van der Waals surface area (Å²) in [5.74, 6) is -0.691. The fourth-order valence-corrected chi connectivity index (χ4v) is 3.16. The molecule has 178 valence electrons. The second-order valence-corrected chi connectivity index (χ2v) is 7.41. The third-order valence-electron chi connectivity index (χ3n) is 4.97. The molecule has 3 aromatic carbocycles. The Kier molecular flexibility index (Phi) is 8.08. The van der Waals surface area contributed by atoms with Crippen molar-refractivity contribution in [3.8, 4) is 28.7 Å². The van der Waals surface area contributed by atoms with Gasteiger partial charge in [-0.05, 0) is 71.3 Å². The van der Waals surface area contributed by atoms with Crippen molar-refractivity contribution in [3.63, 3.8) is 0 Å². The van der Waals surface area contributed by atoms with Crippen molar-refractivity contribution >= 4 is 29.8 Å². The normalized spacial score (nSPS) is 10.9. The van der Waals surface area contributed by atoms with Gasteiger partial charge in [-0.25, -0.2) is 0 Å². The fourth-order valence-electron chi connectivity index (χ4n) is 3.16. The van der Waals surface area contributed by atoms with Gasteiger partial charge in [0, 0.05) is 0 Å². The predicted octanol–water partition coefficient (Wildman–Crippen LogP) is 4.77. The molecule has 0 unspecified atom stereocenters. The van der Waals surface area contributed by atoms with Gasteiger partial charge in [-0.3, -0.25) is 9.59 Å². The molecule has 3 rings (SSSR count). The van der Waals surface area contributed by atoms with Crippen LogP contribution in [0.4, 0.5) is 0 Å². The molecule has 0 spiro atoms. The molecule has 0 radical (unpaired) electrons. The summed E-state index contributed by atoms with van der Waals surface area (Å²) in [5.41, 5.74) is 1.52. The minimum atomic E-state index is -0.557. The Balaban J connectivity index is 1.93. The molecule has 35 heavy (non-hydrogen) atoms. The number of ether oxygens (including phenoxy) is 2. The minimum Gasteiger partial charge on any atom is -0.508 e. The number of aromatic hydroxyl groups is 3. The number of hydrogen-bond acceptors (Lipinski definition) is 7. The Morgan fingerprint density at radius 1 is 0.686 bits per heavy atom. The average molecular weight is 472 g/mol. The lowest BCUT2D eigenvalue weighted by Crippen LogP contribution is -2.08. The summed E-state index contributed by atoms with van der Waals surface area (Å²) in [6.45, 7) is 0. The number of benzene rings is 3. The van der Waals surface area contributed by atoms with Crippen LogP contribution in [-0.2, 0) is 9.59 Å². The Labute approximate surface area is 202 Å². The van der Waals surface area contributed by atoms with Crippen LogP contribution < -0.4 is 9.47 Å². The number of phenols is 3. The SMILES string of the molecule is COc1cc(/C=C/C(=O)C(=Cc2cccc(O)c2)C(=O)/C=C/c2ccc(O)c(OC)c2)ccc1O. The molecule has 0 saturated carbocycles. The number of phenolic OH excluding ortho intramolecular Hbond substituents is 3. The quantitative estimate of drug-likeness (QED) is 0.234. The zero-order valence-corrected chi connectivity index (χ0v) is 19.1. The molecule has 0 heterocycles. The number of rotatable bonds is 9. The van der Waals surface area contributed by atoms with E-state index in [0.717, 1.165) is 0 Å². The van der Waals surface area contributed by atoms with E-state index in [4.69, 9.17) is 9.47 Å². The smallest absolute Gasteiger partial charge is 0.189 e. The average Bonchev–Trinajstić information content (AvgIpc) is 2.86. The van der Waals surface area contributed by atoms with Crippen molar-refractivity contribution in [2.45, 2.75) is 0 Å². The summed E-state index contributed by atoms with van der Waals surface area (Å²) in [5, 5.41) is 29.2. The molecule has 0 aliphatic heterocycles. The predicted molar refractivity (Wildman–Crippen MR) is 133 cm³/mol. The van der Waals surface area contributed by atoms with Gasteiger partial charge in [0.25, 0.3) is 0 Å². The summed E-state index contributed by atoms with van der Waals surface area (Å²) in [6, 6.07) is 15.4. The standard InChI is InChI=1S/C28H24O7/c1-34-27-16-18(8-12-25(27)32)6-10-23(30)22(15-20-4-3-5-21(29)14-20)24(31)11-7-19-9-13-26(33)28(17-19)35-2/h3-17,29,32-33H,1-2H3/b10-6+,11-7+. The highest BCUT2D eigenvalue weighted by molar-refractivity contribution is 6.31. The van der Waals surface area contributed by atoms with Crippen molar-refractivity contribution in [1.29, 1.82) is 0 Å². The van der Waals surface area contributed by atoms with Crippen LogP contribution in [0.25, 0.3) is 18.2 Å². The number of allylic oxidation sites excluding steroid dienone is 3. The van der Waals surface area contributed by atoms with Gasteiger partial charge in [0.15, 0.2) is 34.6 Å². The molecule has 0 aliphatic rings. The van der Waals surface area contributed by atoms with Crippen LogP contribution in [0.2, 0.25) is 0 Å². The molecule has 0 aliphatic carbocycles. The molecule has 0 bridgehead atoms. The molecule has 0 saturated heterocycles. The zero-order valence-electron chi connectivity index (χ0n) is 19.1. The number of carbonyl (C=O) groups is 2. The highest BCUT2D eigenvalue weighted by Gasteiger charge is 2.14. The van der Waals surface area contributed by atoms with E-state index in [2.05, 4.69) is 0 Å². The Bertz CT molecular complexity index is 1260. The molecule has 3 N–H and O–H groups in total. The number of hydrogen-bond donors (Lipinski definition) is 3. The second-order valence-electron chi connectivity index (χ2n) is 7.41. The molecular formula is C28H24O7. The van der Waals surface area contributed by atoms with E-state index >= 15 is 0 Å². The van der Waals surface area contributed by atoms with Crippen molar-refractivity contribution < 1.29 is 34.4 Å². The lowest BCUT2D eigenvalue weighted by Gasteiger charge is -2.05. The monoisotopic (exact) mass is 472 g/mol. The van der Waals surface area contributed by atoms with Crippen molar-refractivity contribution in [1.82, 2.24) is 0 Å². The van der Waals surface area contributed by atoms with E-state index in [1.807, 2.05) is 0 Å². The lowest BCUT2D eigenvalue weighted by molar-refractivity contribution is -0.116. The first-order valence-electron chi connectivity index (χ1n) is 10.5. The van der Waals surface area contributed by atoms with Gasteiger partial charge in [0.1, 0.15) is 5.75 Å². The lowest BCUT2D eigenvalue weighted by atomic mass is 10.0. The van der Waals surface area contributed by atoms with Crippen LogP contribution >= 0.6 is 0 Å². The fraction of sp³-hybridized carbons (Fsp3) is 0.0714. The Morgan fingerprint density at radius 3 is 1.66 bits per heavy atom. The molecule has 0 fully saturated rings. The maximum atomic E-state index is 13.0. The first-order chi connectivity index (χ1) is 16.8. The number of carbonyl (C=O) groups excluding carboxylic acids is 2. The van der Waals surface area contributed by atoms with Gasteiger partial charge >= 0.3 is 0 Å². The van der Waals surface area contributed by atoms with Crippen molar-refractivity contribution in [3.05, 3.63) is 95.1 Å². The molecule has 0 amide bonds. The van der Waals surface area contributed by atoms with Gasteiger partial charge < -0.3 is 24.8 Å². The van der Waals surface area contributed by atoms with Crippen LogP contribution in [0.5, 0.6) is 28.7 Å². The van der Waals surface area contributed by atoms with Gasteiger partial charge in [-0.2, -0.15) is 0 Å². The van der Waals surface area contributed by atoms with Crippen LogP contribution in [0.15, 0.2) is 78.4 Å². The van der Waals surface area contributed by atoms with Gasteiger partial charge in [0.2, 0.25) is 0 Å². The molecule has 3 aromatic rings. The van der Waals surface area contributed by atoms with E-state index in [1.165, 1.54) is 68.9 Å². The highest BCUT2D eigenvalue weighted by Crippen LogP contribution is 2.28. The molecule has 0 atom stereocenters. The Hall–Kier alpha value is -4.78. The van der Waals surface area contributed by atoms with Crippen LogP contribution in [0.3, 0.4) is 0 Å². The van der Waals surface area contributed by atoms with Gasteiger partial charge in [0.05, 0.1) is 19.8 Å². The first-order valence-corrected chi connectivity index (χ1v) is 10.5. The summed E-state index contributed by atoms with van der Waals surface area (Å²) in [7, 11) is 2.83. The maximum absolute atomic E-state index is 13.0. The van der Waals surface area contributed by atoms with E-state index in [0.29, 0.717) is 16.7 Å². The summed E-state index contributed by atoms with van der Waals surface area (Å²) in [6.07, 6.45) is 6.89. The van der Waals surface area contributed by atoms with Crippen molar-refractivity contribution in [2.75, 3.05) is 14.2 Å². The topological polar surface area (TPSA) is 113 Å². The van der Waals surface area contributed by atoms with Gasteiger partial charge in [-0.15, -0.1) is 0 Å². The number of ketones is 2. The minimum absolute atomic E-state index is 0.00328. The molecule has 0 aromatic heterocycles. The number of methoxy groups -OCH3 is 2. The molecular weight excluding hydrogens is 448 g/mol. The van der Waals surface area contributed by atoms with Crippen molar-refractivity contribution in [2.24, 2.45) is 0 Å². The highest BCUT2D eigenvalue weighted by atomic mass is 16.5. The first kappa shape index (κ1) is 24.9. The van der Waals surface area contributed by atoms with E-state index in [9.17, 15) is 24.9 Å². The van der Waals surface area contributed by atoms with E-state index in [-0.39, 0.29) is 34.3 Å². The second kappa shape index (κ2) is 11.4. The van der Waals surface area contributed by atoms with Crippen LogP contribution in [0, 0.1) is 0 Å². The van der Waals surface area contributed by atoms with Gasteiger partial charge in [-0.1, -0.05) is 36.4 Å². The summed E-state index contributed by atoms with van der Waals surface area (Å²) in [4.78, 5) is 26.0. The third kappa shape index (κ3) is 6.61. The largest absolute Gasteiger partial charge is 0.508 e. The Morgan fingerprint density at radius 2 is 1.20 bits per heavy atom.